The molecule has 0 saturated heterocycles. The van der Waals surface area contributed by atoms with Gasteiger partial charge in [0.05, 0.1) is 0 Å². The van der Waals surface area contributed by atoms with Crippen molar-refractivity contribution < 1.29 is 17.1 Å². The third kappa shape index (κ3) is 3.27. The van der Waals surface area contributed by atoms with E-state index in [0.29, 0.717) is 0 Å². The van der Waals surface area contributed by atoms with Gasteiger partial charge in [-0.1, -0.05) is 54.4 Å². The maximum atomic E-state index is 4.50. The van der Waals surface area contributed by atoms with Gasteiger partial charge in [0.25, 0.3) is 0 Å². The van der Waals surface area contributed by atoms with Gasteiger partial charge in [-0.3, -0.25) is 0 Å². The zero-order valence-electron chi connectivity index (χ0n) is 10.8. The van der Waals surface area contributed by atoms with Crippen LogP contribution in [0.1, 0.15) is 0 Å². The molecule has 0 atom stereocenters. The van der Waals surface area contributed by atoms with E-state index in [-0.39, 0.29) is 17.1 Å². The second kappa shape index (κ2) is 6.90. The average molecular weight is 302 g/mol. The van der Waals surface area contributed by atoms with Crippen molar-refractivity contribution in [1.29, 1.82) is 0 Å². The molecule has 4 rings (SSSR count). The van der Waals surface area contributed by atoms with Crippen LogP contribution in [0.15, 0.2) is 90.3 Å². The number of rotatable bonds is 0. The first-order chi connectivity index (χ1) is 9.43. The normalized spacial score (nSPS) is 13.8. The molecule has 0 amide bonds. The summed E-state index contributed by atoms with van der Waals surface area (Å²) in [5, 5.41) is 7.79. The number of anilines is 1. The summed E-state index contributed by atoms with van der Waals surface area (Å²) >= 11 is 0. The van der Waals surface area contributed by atoms with Crippen LogP contribution < -0.4 is 5.32 Å². The molecule has 1 N–H and O–H groups in total. The number of nitrogens with zero attached hydrogens (tertiary/aromatic N) is 1. The molecule has 2 aliphatic rings. The Labute approximate surface area is 129 Å². The second-order valence-corrected chi connectivity index (χ2v) is 4.24. The molecule has 0 aromatic heterocycles. The van der Waals surface area contributed by atoms with Gasteiger partial charge in [-0.25, -0.2) is 12.1 Å². The Morgan fingerprint density at radius 3 is 2.20 bits per heavy atom. The molecule has 1 heterocycles. The molecule has 0 bridgehead atoms. The number of fused-ring (bicyclic) bond motifs is 1. The van der Waals surface area contributed by atoms with E-state index in [2.05, 4.69) is 22.8 Å². The molecule has 2 aromatic carbocycles. The SMILES string of the molecule is C1=CC(=C2[N-]c3ccccc3N2)C=C1.[Fe+2].c1cc[cH-]c1. The average Bonchev–Trinajstić information content (AvgIpc) is 3.20. The number of allylic oxidation sites excluding steroid dienone is 5. The maximum Gasteiger partial charge on any atom is 2.00 e. The van der Waals surface area contributed by atoms with Gasteiger partial charge in [-0.2, -0.15) is 18.2 Å². The molecule has 0 fully saturated rings. The van der Waals surface area contributed by atoms with Crippen LogP contribution in [0.25, 0.3) is 5.32 Å². The zero-order chi connectivity index (χ0) is 12.9. The Hall–Kier alpha value is -2.09. The van der Waals surface area contributed by atoms with Crippen LogP contribution >= 0.6 is 0 Å². The van der Waals surface area contributed by atoms with Gasteiger partial charge in [0.2, 0.25) is 0 Å². The molecule has 0 unspecified atom stereocenters. The van der Waals surface area contributed by atoms with Crippen molar-refractivity contribution in [1.82, 2.24) is 0 Å². The number of nitrogens with one attached hydrogen (secondary N) is 1. The van der Waals surface area contributed by atoms with E-state index in [1.54, 1.807) is 0 Å². The molecule has 1 aliphatic heterocycles. The summed E-state index contributed by atoms with van der Waals surface area (Å²) in [5.74, 6) is 0.941. The van der Waals surface area contributed by atoms with E-state index in [0.717, 1.165) is 22.8 Å². The molecule has 2 aromatic rings. The van der Waals surface area contributed by atoms with E-state index in [1.807, 2.05) is 66.7 Å². The van der Waals surface area contributed by atoms with Crippen LogP contribution in [0, 0.1) is 0 Å². The maximum absolute atomic E-state index is 4.50. The van der Waals surface area contributed by atoms with Crippen molar-refractivity contribution in [2.75, 3.05) is 5.32 Å². The first kappa shape index (κ1) is 14.3. The Morgan fingerprint density at radius 2 is 1.60 bits per heavy atom. The largest absolute Gasteiger partial charge is 2.00 e. The smallest absolute Gasteiger partial charge is 0.456 e. The standard InChI is InChI=1S/C12H9N2.C5H5.Fe/c1-2-6-9(5-1)12-13-10-7-3-4-8-11(10)14-12;1-2-4-5-3-1;/h1-8,13H;1-5H;/q2*-1;+2. The van der Waals surface area contributed by atoms with E-state index in [1.165, 1.54) is 0 Å². The Kier molecular flexibility index (Phi) is 4.94. The molecule has 0 saturated carbocycles. The Morgan fingerprint density at radius 1 is 0.900 bits per heavy atom. The van der Waals surface area contributed by atoms with Gasteiger partial charge >= 0.3 is 17.1 Å². The molecule has 0 radical (unpaired) electrons. The van der Waals surface area contributed by atoms with E-state index in [9.17, 15) is 0 Å². The van der Waals surface area contributed by atoms with E-state index in [4.69, 9.17) is 0 Å². The molecule has 100 valence electrons. The predicted molar refractivity (Wildman–Crippen MR) is 80.4 cm³/mol. The van der Waals surface area contributed by atoms with Gasteiger partial charge in [-0.15, -0.1) is 0 Å². The first-order valence-corrected chi connectivity index (χ1v) is 6.27. The van der Waals surface area contributed by atoms with Gasteiger partial charge < -0.3 is 10.6 Å². The van der Waals surface area contributed by atoms with E-state index >= 15 is 0 Å². The minimum Gasteiger partial charge on any atom is -0.456 e. The van der Waals surface area contributed by atoms with Crippen molar-refractivity contribution >= 4 is 11.4 Å². The van der Waals surface area contributed by atoms with Crippen LogP contribution in [0.5, 0.6) is 0 Å². The second-order valence-electron chi connectivity index (χ2n) is 4.24. The van der Waals surface area contributed by atoms with Crippen molar-refractivity contribution in [2.24, 2.45) is 0 Å². The molecule has 20 heavy (non-hydrogen) atoms. The monoisotopic (exact) mass is 302 g/mol. The molecule has 3 heteroatoms. The van der Waals surface area contributed by atoms with Crippen LogP contribution in [0.2, 0.25) is 0 Å². The molecule has 1 aliphatic carbocycles. The number of hydrogen-bond acceptors (Lipinski definition) is 1. The predicted octanol–water partition coefficient (Wildman–Crippen LogP) is 4.86. The Bertz CT molecular complexity index is 579. The van der Waals surface area contributed by atoms with Crippen LogP contribution in [-0.2, 0) is 17.1 Å². The number of hydrogen-bond donors (Lipinski definition) is 1. The summed E-state index contributed by atoms with van der Waals surface area (Å²) in [6, 6.07) is 18.1. The summed E-state index contributed by atoms with van der Waals surface area (Å²) in [7, 11) is 0. The molecular weight excluding hydrogens is 288 g/mol. The topological polar surface area (TPSA) is 26.1 Å². The molecule has 2 nitrogen and oxygen atoms in total. The van der Waals surface area contributed by atoms with Crippen LogP contribution in [-0.4, -0.2) is 0 Å². The summed E-state index contributed by atoms with van der Waals surface area (Å²) in [6.07, 6.45) is 8.14. The zero-order valence-corrected chi connectivity index (χ0v) is 11.9. The fraction of sp³-hybridized carbons (Fsp3) is 0. The summed E-state index contributed by atoms with van der Waals surface area (Å²) in [5.41, 5.74) is 3.24. The Balaban J connectivity index is 0.000000210. The molecular formula is C17H14FeN2. The van der Waals surface area contributed by atoms with E-state index < -0.39 is 0 Å². The molecule has 0 spiro atoms. The number of para-hydroxylation sites is 2. The quantitative estimate of drug-likeness (QED) is 0.546. The van der Waals surface area contributed by atoms with Gasteiger partial charge in [-0.05, 0) is 16.9 Å². The van der Waals surface area contributed by atoms with Crippen LogP contribution in [0.4, 0.5) is 11.4 Å². The van der Waals surface area contributed by atoms with Crippen molar-refractivity contribution in [3.63, 3.8) is 0 Å². The van der Waals surface area contributed by atoms with Gasteiger partial charge in [0, 0.05) is 0 Å². The van der Waals surface area contributed by atoms with Crippen LogP contribution in [0.3, 0.4) is 0 Å². The van der Waals surface area contributed by atoms with Gasteiger partial charge in [0.15, 0.2) is 0 Å². The van der Waals surface area contributed by atoms with Crippen molar-refractivity contribution in [3.05, 3.63) is 95.6 Å². The minimum atomic E-state index is 0. The minimum absolute atomic E-state index is 0. The first-order valence-electron chi connectivity index (χ1n) is 6.27. The summed E-state index contributed by atoms with van der Waals surface area (Å²) < 4.78 is 0. The fourth-order valence-corrected chi connectivity index (χ4v) is 1.94. The van der Waals surface area contributed by atoms with Crippen molar-refractivity contribution in [3.8, 4) is 0 Å². The fourth-order valence-electron chi connectivity index (χ4n) is 1.94. The third-order valence-corrected chi connectivity index (χ3v) is 2.88. The third-order valence-electron chi connectivity index (χ3n) is 2.88. The number of benzene rings is 1. The summed E-state index contributed by atoms with van der Waals surface area (Å²) in [4.78, 5) is 0. The van der Waals surface area contributed by atoms with Crippen molar-refractivity contribution in [2.45, 2.75) is 0 Å². The van der Waals surface area contributed by atoms with Gasteiger partial charge in [0.1, 0.15) is 0 Å². The summed E-state index contributed by atoms with van der Waals surface area (Å²) in [6.45, 7) is 0.